The van der Waals surface area contributed by atoms with E-state index in [4.69, 9.17) is 4.42 Å². The molecule has 0 bridgehead atoms. The van der Waals surface area contributed by atoms with Gasteiger partial charge in [0.25, 0.3) is 0 Å². The van der Waals surface area contributed by atoms with Crippen LogP contribution in [0, 0.1) is 0 Å². The van der Waals surface area contributed by atoms with Gasteiger partial charge in [-0.15, -0.1) is 0 Å². The molecule has 48 heavy (non-hydrogen) atoms. The first kappa shape index (κ1) is 27.9. The van der Waals surface area contributed by atoms with Gasteiger partial charge in [-0.3, -0.25) is 0 Å². The van der Waals surface area contributed by atoms with Crippen LogP contribution < -0.4 is 16.0 Å². The Labute approximate surface area is 286 Å². The van der Waals surface area contributed by atoms with Crippen LogP contribution in [0.3, 0.4) is 0 Å². The topological polar surface area (TPSA) is 16.4 Å². The van der Waals surface area contributed by atoms with Gasteiger partial charge in [-0.2, -0.15) is 0 Å². The molecule has 4 heteroatoms. The van der Waals surface area contributed by atoms with Gasteiger partial charge in [0.2, 0.25) is 7.28 Å². The van der Waals surface area contributed by atoms with E-state index in [2.05, 4.69) is 152 Å². The quantitative estimate of drug-likeness (QED) is 0.176. The van der Waals surface area contributed by atoms with E-state index in [1.165, 1.54) is 65.4 Å². The van der Waals surface area contributed by atoms with Crippen LogP contribution in [-0.2, 0) is 0 Å². The lowest BCUT2D eigenvalue weighted by molar-refractivity contribution is 0.654. The number of rotatable bonds is 5. The number of nitrogens with zero attached hydrogens (tertiary/aromatic N) is 1. The van der Waals surface area contributed by atoms with Crippen molar-refractivity contribution in [1.29, 1.82) is 0 Å². The number of hydrogen-bond acceptors (Lipinski definition) is 3. The molecule has 2 aliphatic carbocycles. The molecule has 2 aliphatic heterocycles. The first-order valence-corrected chi connectivity index (χ1v) is 17.6. The van der Waals surface area contributed by atoms with Crippen molar-refractivity contribution in [2.45, 2.75) is 29.6 Å². The summed E-state index contributed by atoms with van der Waals surface area (Å²) in [6, 6.07) is 42.1. The summed E-state index contributed by atoms with van der Waals surface area (Å²) in [5, 5.41) is 1.18. The van der Waals surface area contributed by atoms with Gasteiger partial charge in [0, 0.05) is 44.8 Å². The van der Waals surface area contributed by atoms with E-state index in [1.807, 2.05) is 23.9 Å². The van der Waals surface area contributed by atoms with Gasteiger partial charge < -0.3 is 9.32 Å². The highest BCUT2D eigenvalue weighted by Crippen LogP contribution is 2.53. The van der Waals surface area contributed by atoms with Gasteiger partial charge >= 0.3 is 0 Å². The maximum absolute atomic E-state index is 6.19. The molecule has 0 N–H and O–H groups in total. The molecule has 5 aromatic carbocycles. The third-order valence-electron chi connectivity index (χ3n) is 10.2. The number of allylic oxidation sites excluding steroid dienone is 7. The largest absolute Gasteiger partial charge is 0.471 e. The Morgan fingerprint density at radius 3 is 2.48 bits per heavy atom. The number of thioether (sulfide) groups is 1. The minimum atomic E-state index is 0.392. The molecule has 3 heterocycles. The van der Waals surface area contributed by atoms with Crippen molar-refractivity contribution < 1.29 is 4.42 Å². The minimum absolute atomic E-state index is 0.392. The van der Waals surface area contributed by atoms with E-state index in [0.717, 1.165) is 29.8 Å². The molecule has 6 aromatic rings. The third kappa shape index (κ3) is 4.58. The Kier molecular flexibility index (Phi) is 6.51. The van der Waals surface area contributed by atoms with Crippen LogP contribution in [0.15, 0.2) is 172 Å². The summed E-state index contributed by atoms with van der Waals surface area (Å²) in [6.07, 6.45) is 15.9. The Hall–Kier alpha value is -5.19. The van der Waals surface area contributed by atoms with Crippen molar-refractivity contribution in [3.8, 4) is 22.3 Å². The maximum Gasteiger partial charge on any atom is 0.242 e. The van der Waals surface area contributed by atoms with Gasteiger partial charge in [-0.05, 0) is 88.0 Å². The molecule has 0 amide bonds. The Morgan fingerprint density at radius 1 is 0.771 bits per heavy atom. The normalized spacial score (nSPS) is 18.4. The first-order valence-electron chi connectivity index (χ1n) is 16.8. The molecule has 2 nitrogen and oxygen atoms in total. The number of fused-ring (bicyclic) bond motifs is 8. The summed E-state index contributed by atoms with van der Waals surface area (Å²) in [5.74, 6) is 0.854. The van der Waals surface area contributed by atoms with Crippen LogP contribution in [0.25, 0.3) is 33.2 Å². The van der Waals surface area contributed by atoms with E-state index in [9.17, 15) is 0 Å². The van der Waals surface area contributed by atoms with Crippen LogP contribution in [0.1, 0.15) is 35.8 Å². The fraction of sp³-hybridized carbons (Fsp3) is 0.0909. The summed E-state index contributed by atoms with van der Waals surface area (Å²) in [4.78, 5) is 5.28. The highest BCUT2D eigenvalue weighted by Gasteiger charge is 2.30. The predicted octanol–water partition coefficient (Wildman–Crippen LogP) is 10.5. The molecule has 0 spiro atoms. The van der Waals surface area contributed by atoms with Crippen molar-refractivity contribution >= 4 is 52.5 Å². The lowest BCUT2D eigenvalue weighted by Gasteiger charge is -2.30. The van der Waals surface area contributed by atoms with Gasteiger partial charge in [0.05, 0.1) is 5.66 Å². The number of para-hydroxylation sites is 1. The summed E-state index contributed by atoms with van der Waals surface area (Å²) < 4.78 is 6.19. The van der Waals surface area contributed by atoms with Gasteiger partial charge in [0.15, 0.2) is 0 Å². The van der Waals surface area contributed by atoms with Crippen LogP contribution in [0.2, 0.25) is 0 Å². The number of anilines is 2. The fourth-order valence-electron chi connectivity index (χ4n) is 7.81. The number of benzene rings is 5. The molecule has 1 radical (unpaired) electrons. The second-order valence-electron chi connectivity index (χ2n) is 13.0. The van der Waals surface area contributed by atoms with Crippen molar-refractivity contribution in [2.75, 3.05) is 4.90 Å². The van der Waals surface area contributed by atoms with E-state index in [1.54, 1.807) is 0 Å². The van der Waals surface area contributed by atoms with Crippen molar-refractivity contribution in [2.24, 2.45) is 0 Å². The molecule has 4 aliphatic rings. The van der Waals surface area contributed by atoms with Crippen LogP contribution in [-0.4, -0.2) is 7.28 Å². The SMILES string of the molecule is [B]1c2cc(-c3ccc(N(C4=CCC(c5ccccc5)C=C4)c4ccc5c(c4)C4CC=CC=C4S5)cc3)ccc2-c2c1oc1ccccc21. The highest BCUT2D eigenvalue weighted by molar-refractivity contribution is 8.03. The van der Waals surface area contributed by atoms with Gasteiger partial charge in [0.1, 0.15) is 5.58 Å². The van der Waals surface area contributed by atoms with E-state index in [-0.39, 0.29) is 0 Å². The fourth-order valence-corrected chi connectivity index (χ4v) is 9.03. The molecular weight excluding hydrogens is 601 g/mol. The van der Waals surface area contributed by atoms with Crippen molar-refractivity contribution in [3.63, 3.8) is 0 Å². The lowest BCUT2D eigenvalue weighted by atomic mass is 9.71. The molecule has 0 saturated carbocycles. The highest BCUT2D eigenvalue weighted by atomic mass is 32.2. The Balaban J connectivity index is 0.996. The summed E-state index contributed by atoms with van der Waals surface area (Å²) in [5.41, 5.74) is 14.4. The van der Waals surface area contributed by atoms with Crippen LogP contribution >= 0.6 is 11.8 Å². The Morgan fingerprint density at radius 2 is 1.60 bits per heavy atom. The zero-order valence-electron chi connectivity index (χ0n) is 26.3. The van der Waals surface area contributed by atoms with E-state index in [0.29, 0.717) is 11.8 Å². The number of furan rings is 1. The summed E-state index contributed by atoms with van der Waals surface area (Å²) in [7, 11) is 2.18. The molecule has 10 rings (SSSR count). The smallest absolute Gasteiger partial charge is 0.242 e. The van der Waals surface area contributed by atoms with Crippen molar-refractivity contribution in [1.82, 2.24) is 0 Å². The first-order chi connectivity index (χ1) is 23.8. The molecule has 0 fully saturated rings. The third-order valence-corrected chi connectivity index (χ3v) is 11.5. The monoisotopic (exact) mass is 632 g/mol. The second kappa shape index (κ2) is 11.2. The summed E-state index contributed by atoms with van der Waals surface area (Å²) in [6.45, 7) is 0. The predicted molar refractivity (Wildman–Crippen MR) is 202 cm³/mol. The maximum atomic E-state index is 6.19. The average molecular weight is 633 g/mol. The van der Waals surface area contributed by atoms with Crippen LogP contribution in [0.5, 0.6) is 0 Å². The Bertz CT molecular complexity index is 2360. The zero-order valence-corrected chi connectivity index (χ0v) is 27.2. The van der Waals surface area contributed by atoms with E-state index >= 15 is 0 Å². The molecule has 227 valence electrons. The molecule has 2 unspecified atom stereocenters. The van der Waals surface area contributed by atoms with Crippen LogP contribution in [0.4, 0.5) is 11.4 Å². The minimum Gasteiger partial charge on any atom is -0.471 e. The zero-order chi connectivity index (χ0) is 31.6. The standard InChI is InChI=1S/C44H31BNOS/c1-2-8-28(9-3-1)29-14-19-32(20-15-29)46(34-23-25-42-38(27-34)35-10-5-7-13-41(35)48-42)33-21-16-30(17-22-33)31-18-24-36-39(26-31)45-44-43(36)37-11-4-6-12-40(37)47-44/h1-9,11-14,16-27,29,35H,10,15H2. The molecular formula is C44H31BNOS. The van der Waals surface area contributed by atoms with Gasteiger partial charge in [-0.25, -0.2) is 0 Å². The lowest BCUT2D eigenvalue weighted by Crippen LogP contribution is -2.20. The van der Waals surface area contributed by atoms with Gasteiger partial charge in [-0.1, -0.05) is 126 Å². The van der Waals surface area contributed by atoms with E-state index < -0.39 is 0 Å². The average Bonchev–Trinajstić information content (AvgIpc) is 3.82. The molecule has 2 atom stereocenters. The second-order valence-corrected chi connectivity index (χ2v) is 14.1. The van der Waals surface area contributed by atoms with Crippen molar-refractivity contribution in [3.05, 3.63) is 173 Å². The number of hydrogen-bond donors (Lipinski definition) is 0. The molecule has 0 saturated heterocycles. The summed E-state index contributed by atoms with van der Waals surface area (Å²) >= 11 is 1.93. The molecule has 1 aromatic heterocycles.